The lowest BCUT2D eigenvalue weighted by Gasteiger charge is -2.23. The second-order valence-electron chi connectivity index (χ2n) is 32.8. The molecule has 22 N–H and O–H groups in total. The van der Waals surface area contributed by atoms with Crippen molar-refractivity contribution in [1.29, 1.82) is 0 Å². The van der Waals surface area contributed by atoms with Crippen LogP contribution >= 0.6 is 22.6 Å². The van der Waals surface area contributed by atoms with Gasteiger partial charge >= 0.3 is 5.97 Å². The zero-order chi connectivity index (χ0) is 84.6. The topological polar surface area (TPSA) is 637 Å². The van der Waals surface area contributed by atoms with E-state index < -0.39 is 113 Å². The number of aryl methyl sites for hydroxylation is 4. The Labute approximate surface area is 689 Å². The number of nitrogens with zero attached hydrogens (tertiary/aromatic N) is 19. The summed E-state index contributed by atoms with van der Waals surface area (Å²) in [5.41, 5.74) is 27.8. The van der Waals surface area contributed by atoms with Gasteiger partial charge in [-0.1, -0.05) is 29.8 Å². The molecular weight excluding hydrogens is 1660 g/mol. The second kappa shape index (κ2) is 29.3. The maximum Gasteiger partial charge on any atom is 0.315 e. The highest BCUT2D eigenvalue weighted by atomic mass is 127. The molecule has 119 heavy (non-hydrogen) atoms. The van der Waals surface area contributed by atoms with Gasteiger partial charge in [0.1, 0.15) is 75.5 Å². The Bertz CT molecular complexity index is 5910. The maximum atomic E-state index is 12.4. The number of pyridine rings is 1. The minimum Gasteiger partial charge on any atom is -0.465 e. The average molecular weight is 1750 g/mol. The first kappa shape index (κ1) is 80.7. The first-order valence-corrected chi connectivity index (χ1v) is 40.2. The number of hydrogen-bond donors (Lipinski definition) is 18. The highest BCUT2D eigenvalue weighted by molar-refractivity contribution is 14.1. The number of anilines is 5. The van der Waals surface area contributed by atoms with Crippen LogP contribution in [0.1, 0.15) is 97.8 Å². The molecule has 0 radical (unpaired) electrons. The number of carbonyl (C=O) groups excluding carboxylic acids is 4. The van der Waals surface area contributed by atoms with Gasteiger partial charge < -0.3 is 123 Å². The molecule has 0 spiro atoms. The van der Waals surface area contributed by atoms with E-state index in [1.165, 1.54) is 32.3 Å². The van der Waals surface area contributed by atoms with Crippen molar-refractivity contribution in [3.8, 4) is 0 Å². The van der Waals surface area contributed by atoms with Crippen molar-refractivity contribution in [2.45, 2.75) is 165 Å². The Hall–Kier alpha value is -10.8. The van der Waals surface area contributed by atoms with Crippen LogP contribution in [-0.2, 0) is 30.5 Å². The number of nitrogens with one attached hydrogen (secondary N) is 4. The van der Waals surface area contributed by atoms with Gasteiger partial charge in [-0.2, -0.15) is 0 Å². The Morgan fingerprint density at radius 3 is 1.26 bits per heavy atom. The SMILES string of the molecule is CCOC(=O)[C@@]12C[C@@H]1[C@@H](n1cnc3c(N)nc(C)nc31)[C@H](O)[C@@H]2O.CNC(=O)[C@@]12C[C@@H]1[C@@H](n1cnc3c(N)ccnc31)C(O)[C@H]2O.CNC(=O)[C@@]12C[C@@H]1[C@@H](n1cnc3c(N)nc(C)nc31)C(O)[C@H]2O.CNC(=O)[C@@]12C[C@@H]1[C@@H](n1cnc3c(NCc4cccc(C)c4)nc(I)nc31)C(O)[C@H]2O.Cc1nc(N)c2ncn([C@H]3C(O)[C@@H](O)[C@@H]4C[C@@H]43)c2n1. The number of aliphatic hydroxyl groups excluding tert-OH is 10. The fraction of sp³-hybridized carbons (Fsp3) is 0.526. The van der Waals surface area contributed by atoms with Gasteiger partial charge in [0.2, 0.25) is 17.7 Å². The fourth-order valence-electron chi connectivity index (χ4n) is 20.5. The molecular formula is C76H92IN27O15. The summed E-state index contributed by atoms with van der Waals surface area (Å²) in [5, 5.41) is 115. The molecule has 10 saturated carbocycles. The number of fused-ring (bicyclic) bond motifs is 10. The summed E-state index contributed by atoms with van der Waals surface area (Å²) >= 11 is 2.06. The van der Waals surface area contributed by atoms with Crippen molar-refractivity contribution in [2.24, 2.45) is 57.2 Å². The average Bonchev–Trinajstić information content (AvgIpc) is 1.53. The van der Waals surface area contributed by atoms with E-state index in [-0.39, 0.29) is 71.6 Å². The van der Waals surface area contributed by atoms with Crippen LogP contribution in [0.4, 0.5) is 29.0 Å². The third-order valence-electron chi connectivity index (χ3n) is 26.5. The Morgan fingerprint density at radius 2 is 0.849 bits per heavy atom. The summed E-state index contributed by atoms with van der Waals surface area (Å²) in [7, 11) is 4.61. The number of amides is 3. The van der Waals surface area contributed by atoms with Crippen molar-refractivity contribution in [3.05, 3.63) is 101 Å². The Kier molecular flexibility index (Phi) is 19.9. The van der Waals surface area contributed by atoms with E-state index in [1.807, 2.05) is 16.7 Å². The molecule has 42 nitrogen and oxygen atoms in total. The van der Waals surface area contributed by atoms with Crippen LogP contribution < -0.4 is 44.2 Å². The van der Waals surface area contributed by atoms with Gasteiger partial charge in [-0.05, 0) is 90.2 Å². The fourth-order valence-corrected chi connectivity index (χ4v) is 20.9. The summed E-state index contributed by atoms with van der Waals surface area (Å²) in [4.78, 5) is 109. The smallest absolute Gasteiger partial charge is 0.315 e. The molecule has 0 aliphatic heterocycles. The van der Waals surface area contributed by atoms with Crippen molar-refractivity contribution in [3.63, 3.8) is 0 Å². The van der Waals surface area contributed by atoms with Crippen molar-refractivity contribution in [1.82, 2.24) is 109 Å². The minimum atomic E-state index is -1.18. The first-order valence-electron chi connectivity index (χ1n) is 39.1. The number of nitrogens with two attached hydrogens (primary N) is 4. The lowest BCUT2D eigenvalue weighted by Crippen LogP contribution is -2.41. The lowest BCUT2D eigenvalue weighted by atomic mass is 9.98. The monoisotopic (exact) mass is 1750 g/mol. The number of rotatable bonds is 13. The van der Waals surface area contributed by atoms with Crippen LogP contribution in [0, 0.1) is 88.7 Å². The number of ether oxygens (including phenoxy) is 1. The van der Waals surface area contributed by atoms with Gasteiger partial charge in [-0.3, -0.25) is 19.2 Å². The van der Waals surface area contributed by atoms with Crippen LogP contribution in [0.2, 0.25) is 0 Å². The molecule has 0 bridgehead atoms. The van der Waals surface area contributed by atoms with E-state index >= 15 is 0 Å². The van der Waals surface area contributed by atoms with E-state index in [0.29, 0.717) is 133 Å². The number of aromatic nitrogens is 19. The molecule has 1 aromatic carbocycles. The van der Waals surface area contributed by atoms with Crippen LogP contribution in [0.25, 0.3) is 55.8 Å². The maximum absolute atomic E-state index is 12.4. The molecule has 10 aromatic heterocycles. The largest absolute Gasteiger partial charge is 0.465 e. The molecule has 10 aliphatic carbocycles. The van der Waals surface area contributed by atoms with E-state index in [9.17, 15) is 70.2 Å². The van der Waals surface area contributed by atoms with Crippen LogP contribution in [-0.4, -0.2) is 256 Å². The van der Waals surface area contributed by atoms with Gasteiger partial charge in [0, 0.05) is 80.1 Å². The number of imidazole rings is 5. The second-order valence-corrected chi connectivity index (χ2v) is 33.7. The number of halogens is 1. The number of benzene rings is 1. The zero-order valence-corrected chi connectivity index (χ0v) is 67.8. The number of nitrogen functional groups attached to an aromatic ring is 4. The quantitative estimate of drug-likeness (QED) is 0.0350. The van der Waals surface area contributed by atoms with Crippen LogP contribution in [0.3, 0.4) is 0 Å². The molecule has 25 atom stereocenters. The summed E-state index contributed by atoms with van der Waals surface area (Å²) in [6.07, 6.45) is 2.22. The van der Waals surface area contributed by atoms with E-state index in [2.05, 4.69) is 133 Å². The van der Waals surface area contributed by atoms with Gasteiger partial charge in [0.05, 0.1) is 121 Å². The molecule has 4 unspecified atom stereocenters. The standard InChI is InChI=1S/C21H23IN6O3.C15H19N5O4.C14H18N6O3.C14H17N5O3.C12H15N5O2/c1-10-4-3-5-11(6-10)8-24-17-13-18(27-20(22)26-17)28(9-25-13)14-12-7-21(12,19(31)23-2)16(30)15(14)29;1-3-24-14(23)15-4-7(15)9(10(21)11(15)22)20-5-17-8-12(16)18-6(2)19-13(8)20;1-5-18-11(15)7-12(19-5)20(4-17-7)8-6-3-14(6,13(23)16-2)10(22)9(8)21;1-16-13(22)14-4-6(14)9(10(20)11(14)21)19-5-18-8-7(15)2-3-17-12(8)19;1-4-15-11(13)7-12(16-4)17(3-14-7)8-5-2-6(5)9(18)10(8)19/h3-6,9,12,14-16,29-30H,7-8H2,1-2H3,(H,23,31)(H,24,26,27);5,7,9-11,21-22H,3-4H2,1-2H3,(H2,16,18,19);4,6,8-10,21-22H,3H2,1-2H3,(H,16,23)(H2,15,18,19);2-3,5-6,9-11,20-21H,4H2,1H3,(H2,15,17)(H,16,22);3,5-6,8-10,18-19H,2H2,1H3,(H2,13,15,16)/t12-,14-,15?,16-,21+;7-,9-,10+,11+,15+;6-,8-,9?,10-,14+;6-,9-,10?,11-,14+;5-,6+,8+,9-,10?/m11110/s1. The predicted octanol–water partition coefficient (Wildman–Crippen LogP) is -1.64. The van der Waals surface area contributed by atoms with E-state index in [0.717, 1.165) is 12.0 Å². The molecule has 43 heteroatoms. The van der Waals surface area contributed by atoms with Gasteiger partial charge in [-0.25, -0.2) is 69.8 Å². The van der Waals surface area contributed by atoms with Gasteiger partial charge in [0.15, 0.2) is 60.9 Å². The minimum absolute atomic E-state index is 0.141. The molecule has 3 amide bonds. The highest BCUT2D eigenvalue weighted by Gasteiger charge is 2.79. The van der Waals surface area contributed by atoms with Crippen LogP contribution in [0.15, 0.2) is 68.2 Å². The summed E-state index contributed by atoms with van der Waals surface area (Å²) in [5.74, 6) is 1.68. The first-order chi connectivity index (χ1) is 56.8. The van der Waals surface area contributed by atoms with Crippen molar-refractivity contribution < 1.29 is 75.0 Å². The summed E-state index contributed by atoms with van der Waals surface area (Å²) in [6.45, 7) is 9.79. The van der Waals surface area contributed by atoms with Crippen molar-refractivity contribution >= 4 is 131 Å². The lowest BCUT2D eigenvalue weighted by molar-refractivity contribution is -0.156. The van der Waals surface area contributed by atoms with E-state index in [1.54, 1.807) is 84.3 Å². The highest BCUT2D eigenvalue weighted by Crippen LogP contribution is 2.71. The molecule has 10 heterocycles. The number of hydrogen-bond acceptors (Lipinski definition) is 34. The normalized spacial score (nSPS) is 33.9. The summed E-state index contributed by atoms with van der Waals surface area (Å²) in [6, 6.07) is 7.81. The Morgan fingerprint density at radius 1 is 0.462 bits per heavy atom. The number of carbonyl (C=O) groups is 4. The third-order valence-corrected chi connectivity index (χ3v) is 27.0. The molecule has 0 saturated heterocycles. The molecule has 11 aromatic rings. The third kappa shape index (κ3) is 12.3. The van der Waals surface area contributed by atoms with Gasteiger partial charge in [-0.15, -0.1) is 0 Å². The number of aliphatic hydroxyl groups is 10. The van der Waals surface area contributed by atoms with Gasteiger partial charge in [0.25, 0.3) is 0 Å². The van der Waals surface area contributed by atoms with E-state index in [4.69, 9.17) is 27.7 Å². The zero-order valence-electron chi connectivity index (χ0n) is 65.6. The molecule has 628 valence electrons. The van der Waals surface area contributed by atoms with Crippen LogP contribution in [0.5, 0.6) is 0 Å². The Balaban J connectivity index is 0.000000107. The van der Waals surface area contributed by atoms with Crippen molar-refractivity contribution in [2.75, 3.05) is 56.0 Å². The number of esters is 1. The summed E-state index contributed by atoms with van der Waals surface area (Å²) < 4.78 is 14.4. The molecule has 10 fully saturated rings. The molecule has 10 aliphatic rings. The molecule has 21 rings (SSSR count). The predicted molar refractivity (Wildman–Crippen MR) is 430 cm³/mol.